The van der Waals surface area contributed by atoms with E-state index in [9.17, 15) is 9.59 Å². The molecule has 0 aromatic heterocycles. The van der Waals surface area contributed by atoms with E-state index in [-0.39, 0.29) is 6.54 Å². The van der Waals surface area contributed by atoms with Crippen LogP contribution in [0.1, 0.15) is 42.6 Å². The Labute approximate surface area is 119 Å². The molecule has 1 rings (SSSR count). The molecule has 0 saturated heterocycles. The van der Waals surface area contributed by atoms with Crippen LogP contribution in [0.25, 0.3) is 0 Å². The number of methoxy groups -OCH3 is 1. The number of hydrogen-bond donors (Lipinski definition) is 1. The zero-order valence-electron chi connectivity index (χ0n) is 12.3. The van der Waals surface area contributed by atoms with E-state index in [1.54, 1.807) is 45.0 Å². The van der Waals surface area contributed by atoms with Crippen molar-refractivity contribution in [2.45, 2.75) is 32.3 Å². The van der Waals surface area contributed by atoms with Crippen LogP contribution in [0.15, 0.2) is 24.3 Å². The molecular weight excluding hydrogens is 258 g/mol. The first-order valence-corrected chi connectivity index (χ1v) is 6.39. The lowest BCUT2D eigenvalue weighted by atomic mass is 9.98. The molecule has 0 aliphatic carbocycles. The van der Waals surface area contributed by atoms with Crippen LogP contribution < -0.4 is 5.73 Å². The lowest BCUT2D eigenvalue weighted by molar-refractivity contribution is -0.142. The fraction of sp³-hybridized carbons (Fsp3) is 0.467. The van der Waals surface area contributed by atoms with Crippen LogP contribution in [0.5, 0.6) is 0 Å². The molecule has 0 amide bonds. The van der Waals surface area contributed by atoms with Crippen molar-refractivity contribution < 1.29 is 19.1 Å². The Hall–Kier alpha value is -1.88. The number of hydrogen-bond acceptors (Lipinski definition) is 5. The third-order valence-electron chi connectivity index (χ3n) is 2.67. The Morgan fingerprint density at radius 1 is 1.20 bits per heavy atom. The van der Waals surface area contributed by atoms with Crippen molar-refractivity contribution in [1.82, 2.24) is 0 Å². The molecule has 0 heterocycles. The number of benzene rings is 1. The minimum absolute atomic E-state index is 0.151. The fourth-order valence-electron chi connectivity index (χ4n) is 1.70. The topological polar surface area (TPSA) is 78.6 Å². The molecule has 0 saturated carbocycles. The molecule has 0 spiro atoms. The van der Waals surface area contributed by atoms with Crippen LogP contribution in [0.2, 0.25) is 0 Å². The van der Waals surface area contributed by atoms with Gasteiger partial charge in [-0.25, -0.2) is 4.79 Å². The van der Waals surface area contributed by atoms with Crippen molar-refractivity contribution >= 4 is 11.9 Å². The summed E-state index contributed by atoms with van der Waals surface area (Å²) in [5, 5.41) is 0. The highest BCUT2D eigenvalue weighted by Crippen LogP contribution is 2.18. The summed E-state index contributed by atoms with van der Waals surface area (Å²) in [5.41, 5.74) is 6.18. The summed E-state index contributed by atoms with van der Waals surface area (Å²) in [6.07, 6.45) is 0. The van der Waals surface area contributed by atoms with Crippen LogP contribution in [0.4, 0.5) is 0 Å². The third kappa shape index (κ3) is 4.35. The first-order valence-electron chi connectivity index (χ1n) is 6.39. The summed E-state index contributed by atoms with van der Waals surface area (Å²) in [5.74, 6) is -1.31. The molecule has 5 nitrogen and oxygen atoms in total. The lowest BCUT2D eigenvalue weighted by Gasteiger charge is -2.19. The summed E-state index contributed by atoms with van der Waals surface area (Å²) in [6.45, 7) is 5.57. The molecule has 20 heavy (non-hydrogen) atoms. The van der Waals surface area contributed by atoms with Gasteiger partial charge in [-0.1, -0.05) is 12.1 Å². The second kappa shape index (κ2) is 6.52. The quantitative estimate of drug-likeness (QED) is 0.851. The SMILES string of the molecule is COC(=O)C(CN)c1ccc(C(=O)OC(C)(C)C)cc1. The molecule has 0 radical (unpaired) electrons. The third-order valence-corrected chi connectivity index (χ3v) is 2.67. The number of rotatable bonds is 4. The first kappa shape index (κ1) is 16.2. The van der Waals surface area contributed by atoms with Gasteiger partial charge in [0.05, 0.1) is 18.6 Å². The molecule has 1 aromatic rings. The second-order valence-electron chi connectivity index (χ2n) is 5.44. The first-order chi connectivity index (χ1) is 9.28. The monoisotopic (exact) mass is 279 g/mol. The maximum Gasteiger partial charge on any atom is 0.338 e. The predicted octanol–water partition coefficient (Wildman–Crippen LogP) is 1.86. The molecule has 1 aromatic carbocycles. The van der Waals surface area contributed by atoms with Crippen LogP contribution in [0, 0.1) is 0 Å². The van der Waals surface area contributed by atoms with E-state index in [0.29, 0.717) is 11.1 Å². The van der Waals surface area contributed by atoms with E-state index in [1.807, 2.05) is 0 Å². The van der Waals surface area contributed by atoms with Crippen molar-refractivity contribution in [1.29, 1.82) is 0 Å². The minimum Gasteiger partial charge on any atom is -0.469 e. The molecule has 0 bridgehead atoms. The van der Waals surface area contributed by atoms with Gasteiger partial charge in [0.1, 0.15) is 5.60 Å². The largest absolute Gasteiger partial charge is 0.469 e. The molecule has 0 fully saturated rings. The molecular formula is C15H21NO4. The molecule has 110 valence electrons. The van der Waals surface area contributed by atoms with Gasteiger partial charge in [-0.3, -0.25) is 4.79 Å². The molecule has 2 N–H and O–H groups in total. The fourth-order valence-corrected chi connectivity index (χ4v) is 1.70. The van der Waals surface area contributed by atoms with Crippen molar-refractivity contribution in [2.75, 3.05) is 13.7 Å². The summed E-state index contributed by atoms with van der Waals surface area (Å²) in [4.78, 5) is 23.4. The summed E-state index contributed by atoms with van der Waals surface area (Å²) in [7, 11) is 1.32. The Balaban J connectivity index is 2.88. The highest BCUT2D eigenvalue weighted by molar-refractivity contribution is 5.90. The normalized spacial score (nSPS) is 12.7. The molecule has 1 unspecified atom stereocenters. The van der Waals surface area contributed by atoms with E-state index in [2.05, 4.69) is 0 Å². The van der Waals surface area contributed by atoms with Crippen molar-refractivity contribution in [3.05, 3.63) is 35.4 Å². The van der Waals surface area contributed by atoms with Gasteiger partial charge in [-0.05, 0) is 38.5 Å². The average Bonchev–Trinajstić information content (AvgIpc) is 2.38. The number of carbonyl (C=O) groups excluding carboxylic acids is 2. The van der Waals surface area contributed by atoms with Crippen LogP contribution in [0.3, 0.4) is 0 Å². The van der Waals surface area contributed by atoms with E-state index >= 15 is 0 Å². The molecule has 0 aliphatic heterocycles. The Morgan fingerprint density at radius 2 is 1.75 bits per heavy atom. The van der Waals surface area contributed by atoms with Crippen LogP contribution in [-0.2, 0) is 14.3 Å². The Morgan fingerprint density at radius 3 is 2.15 bits per heavy atom. The number of ether oxygens (including phenoxy) is 2. The van der Waals surface area contributed by atoms with Crippen molar-refractivity contribution in [3.63, 3.8) is 0 Å². The van der Waals surface area contributed by atoms with Crippen LogP contribution >= 0.6 is 0 Å². The minimum atomic E-state index is -0.540. The van der Waals surface area contributed by atoms with E-state index in [4.69, 9.17) is 15.2 Å². The Kier molecular flexibility index (Phi) is 5.27. The number of carbonyl (C=O) groups is 2. The van der Waals surface area contributed by atoms with Gasteiger partial charge in [-0.2, -0.15) is 0 Å². The number of nitrogens with two attached hydrogens (primary N) is 1. The highest BCUT2D eigenvalue weighted by Gasteiger charge is 2.21. The van der Waals surface area contributed by atoms with E-state index in [0.717, 1.165) is 0 Å². The van der Waals surface area contributed by atoms with E-state index < -0.39 is 23.5 Å². The Bertz CT molecular complexity index is 474. The van der Waals surface area contributed by atoms with Gasteiger partial charge < -0.3 is 15.2 Å². The van der Waals surface area contributed by atoms with Gasteiger partial charge >= 0.3 is 11.9 Å². The smallest absolute Gasteiger partial charge is 0.338 e. The van der Waals surface area contributed by atoms with Gasteiger partial charge in [0.2, 0.25) is 0 Å². The standard InChI is InChI=1S/C15H21NO4/c1-15(2,3)20-13(17)11-7-5-10(6-8-11)12(9-16)14(18)19-4/h5-8,12H,9,16H2,1-4H3. The van der Waals surface area contributed by atoms with Gasteiger partial charge in [0.25, 0.3) is 0 Å². The zero-order chi connectivity index (χ0) is 15.3. The van der Waals surface area contributed by atoms with Gasteiger partial charge in [0, 0.05) is 6.54 Å². The predicted molar refractivity (Wildman–Crippen MR) is 75.4 cm³/mol. The summed E-state index contributed by atoms with van der Waals surface area (Å²) < 4.78 is 9.95. The van der Waals surface area contributed by atoms with Crippen LogP contribution in [-0.4, -0.2) is 31.2 Å². The van der Waals surface area contributed by atoms with Gasteiger partial charge in [-0.15, -0.1) is 0 Å². The van der Waals surface area contributed by atoms with E-state index in [1.165, 1.54) is 7.11 Å². The molecule has 1 atom stereocenters. The summed E-state index contributed by atoms with van der Waals surface area (Å²) in [6, 6.07) is 6.62. The highest BCUT2D eigenvalue weighted by atomic mass is 16.6. The number of esters is 2. The maximum atomic E-state index is 11.9. The molecule has 5 heteroatoms. The second-order valence-corrected chi connectivity index (χ2v) is 5.44. The van der Waals surface area contributed by atoms with Crippen molar-refractivity contribution in [2.24, 2.45) is 5.73 Å². The maximum absolute atomic E-state index is 11.9. The van der Waals surface area contributed by atoms with Gasteiger partial charge in [0.15, 0.2) is 0 Å². The zero-order valence-corrected chi connectivity index (χ0v) is 12.3. The van der Waals surface area contributed by atoms with Crippen molar-refractivity contribution in [3.8, 4) is 0 Å². The summed E-state index contributed by atoms with van der Waals surface area (Å²) >= 11 is 0. The average molecular weight is 279 g/mol. The lowest BCUT2D eigenvalue weighted by Crippen LogP contribution is -2.24. The molecule has 0 aliphatic rings.